The molecule has 0 aliphatic carbocycles. The van der Waals surface area contributed by atoms with Crippen molar-refractivity contribution in [3.63, 3.8) is 0 Å². The van der Waals surface area contributed by atoms with Gasteiger partial charge in [-0.1, -0.05) is 30.3 Å². The number of aliphatic hydroxyl groups excluding tert-OH is 1. The van der Waals surface area contributed by atoms with Crippen LogP contribution in [0.1, 0.15) is 43.0 Å². The van der Waals surface area contributed by atoms with E-state index in [2.05, 4.69) is 5.32 Å². The number of amides is 1. The molecule has 0 spiro atoms. The van der Waals surface area contributed by atoms with E-state index < -0.39 is 12.2 Å². The molecule has 1 aromatic heterocycles. The summed E-state index contributed by atoms with van der Waals surface area (Å²) in [5.41, 5.74) is 8.63. The molecule has 0 unspecified atom stereocenters. The number of ether oxygens (including phenoxy) is 2. The maximum absolute atomic E-state index is 13.2. The minimum Gasteiger partial charge on any atom is -0.459 e. The Morgan fingerprint density at radius 3 is 2.63 bits per heavy atom. The Bertz CT molecular complexity index is 1250. The number of hydrogen-bond donors (Lipinski definition) is 3. The SMILES string of the molecule is CCO[C@H]1OC(C(=O)Nc2ccccc2N)=C[C@@H](c2cn(C(C)=O)c3ccccc23)[C@@H]1CCCO. The number of nitrogens with one attached hydrogen (secondary N) is 1. The number of benzene rings is 2. The van der Waals surface area contributed by atoms with Crippen molar-refractivity contribution in [2.24, 2.45) is 5.92 Å². The summed E-state index contributed by atoms with van der Waals surface area (Å²) in [5.74, 6) is -0.878. The average Bonchev–Trinajstić information content (AvgIpc) is 3.24. The zero-order chi connectivity index (χ0) is 24.9. The van der Waals surface area contributed by atoms with Gasteiger partial charge in [-0.25, -0.2) is 0 Å². The second-order valence-electron chi connectivity index (χ2n) is 8.56. The highest BCUT2D eigenvalue weighted by molar-refractivity contribution is 6.04. The molecule has 1 amide bonds. The minimum absolute atomic E-state index is 0.0294. The van der Waals surface area contributed by atoms with Crippen molar-refractivity contribution in [1.82, 2.24) is 4.57 Å². The van der Waals surface area contributed by atoms with E-state index in [1.54, 1.807) is 34.9 Å². The van der Waals surface area contributed by atoms with Crippen molar-refractivity contribution in [2.75, 3.05) is 24.3 Å². The van der Waals surface area contributed by atoms with Gasteiger partial charge in [0.1, 0.15) is 0 Å². The first-order valence-electron chi connectivity index (χ1n) is 11.8. The second kappa shape index (κ2) is 10.8. The van der Waals surface area contributed by atoms with Crippen LogP contribution in [0.15, 0.2) is 66.6 Å². The third kappa shape index (κ3) is 5.08. The smallest absolute Gasteiger partial charge is 0.290 e. The van der Waals surface area contributed by atoms with Crippen molar-refractivity contribution >= 4 is 34.1 Å². The molecular weight excluding hydrogens is 446 g/mol. The molecule has 0 fully saturated rings. The largest absolute Gasteiger partial charge is 0.459 e. The minimum atomic E-state index is -0.699. The van der Waals surface area contributed by atoms with E-state index in [0.29, 0.717) is 30.8 Å². The summed E-state index contributed by atoms with van der Waals surface area (Å²) in [4.78, 5) is 25.6. The molecule has 184 valence electrons. The van der Waals surface area contributed by atoms with Crippen molar-refractivity contribution in [2.45, 2.75) is 38.9 Å². The Labute approximate surface area is 204 Å². The van der Waals surface area contributed by atoms with Gasteiger partial charge < -0.3 is 25.6 Å². The zero-order valence-electron chi connectivity index (χ0n) is 19.9. The third-order valence-electron chi connectivity index (χ3n) is 6.29. The molecule has 4 rings (SSSR count). The van der Waals surface area contributed by atoms with Gasteiger partial charge in [0.05, 0.1) is 16.9 Å². The predicted molar refractivity (Wildman–Crippen MR) is 135 cm³/mol. The van der Waals surface area contributed by atoms with Crippen LogP contribution in [0.2, 0.25) is 0 Å². The van der Waals surface area contributed by atoms with E-state index in [0.717, 1.165) is 16.5 Å². The molecule has 0 bridgehead atoms. The van der Waals surface area contributed by atoms with Gasteiger partial charge in [-0.15, -0.1) is 0 Å². The summed E-state index contributed by atoms with van der Waals surface area (Å²) in [6, 6.07) is 14.7. The van der Waals surface area contributed by atoms with Gasteiger partial charge in [0.25, 0.3) is 5.91 Å². The number of aliphatic hydroxyl groups is 1. The Hall–Kier alpha value is -3.62. The molecular formula is C27H31N3O5. The standard InChI is InChI=1S/C27H31N3O5/c1-3-34-27-19(10-8-14-31)20(21-16-30(17(2)32)24-13-7-4-9-18(21)24)15-25(35-27)26(33)29-23-12-6-5-11-22(23)28/h4-7,9,11-13,15-16,19-20,27,31H,3,8,10,14,28H2,1-2H3,(H,29,33)/t19-,20+,27-/m0/s1. The van der Waals surface area contributed by atoms with E-state index >= 15 is 0 Å². The topological polar surface area (TPSA) is 116 Å². The highest BCUT2D eigenvalue weighted by Gasteiger charge is 2.39. The third-order valence-corrected chi connectivity index (χ3v) is 6.29. The van der Waals surface area contributed by atoms with Gasteiger partial charge in [0, 0.05) is 43.6 Å². The Morgan fingerprint density at radius 1 is 1.17 bits per heavy atom. The van der Waals surface area contributed by atoms with Gasteiger partial charge in [-0.2, -0.15) is 0 Å². The number of fused-ring (bicyclic) bond motifs is 1. The number of nitrogens with two attached hydrogens (primary N) is 1. The lowest BCUT2D eigenvalue weighted by molar-refractivity contribution is -0.164. The van der Waals surface area contributed by atoms with Gasteiger partial charge >= 0.3 is 0 Å². The van der Waals surface area contributed by atoms with Crippen LogP contribution in [0.4, 0.5) is 11.4 Å². The summed E-state index contributed by atoms with van der Waals surface area (Å²) in [7, 11) is 0. The Balaban J connectivity index is 1.80. The maximum atomic E-state index is 13.2. The van der Waals surface area contributed by atoms with Crippen LogP contribution in [0.5, 0.6) is 0 Å². The number of carbonyl (C=O) groups is 2. The molecule has 4 N–H and O–H groups in total. The van der Waals surface area contributed by atoms with Gasteiger partial charge in [0.2, 0.25) is 12.2 Å². The van der Waals surface area contributed by atoms with E-state index in [-0.39, 0.29) is 30.1 Å². The number of nitrogens with zero attached hydrogens (tertiary/aromatic N) is 1. The summed E-state index contributed by atoms with van der Waals surface area (Å²) < 4.78 is 13.6. The molecule has 0 saturated carbocycles. The van der Waals surface area contributed by atoms with Crippen molar-refractivity contribution in [1.29, 1.82) is 0 Å². The van der Waals surface area contributed by atoms with Crippen LogP contribution < -0.4 is 11.1 Å². The summed E-state index contributed by atoms with van der Waals surface area (Å²) >= 11 is 0. The molecule has 1 aliphatic heterocycles. The molecule has 35 heavy (non-hydrogen) atoms. The molecule has 1 aliphatic rings. The fourth-order valence-electron chi connectivity index (χ4n) is 4.65. The van der Waals surface area contributed by atoms with Crippen LogP contribution in [0.25, 0.3) is 10.9 Å². The van der Waals surface area contributed by atoms with Crippen LogP contribution in [0, 0.1) is 5.92 Å². The van der Waals surface area contributed by atoms with Gasteiger partial charge in [-0.05, 0) is 49.6 Å². The molecule has 0 saturated heterocycles. The molecule has 8 nitrogen and oxygen atoms in total. The van der Waals surface area contributed by atoms with E-state index in [1.165, 1.54) is 6.92 Å². The first-order chi connectivity index (χ1) is 16.9. The van der Waals surface area contributed by atoms with Crippen LogP contribution >= 0.6 is 0 Å². The fraction of sp³-hybridized carbons (Fsp3) is 0.333. The van der Waals surface area contributed by atoms with E-state index in [4.69, 9.17) is 15.2 Å². The highest BCUT2D eigenvalue weighted by atomic mass is 16.7. The number of hydrogen-bond acceptors (Lipinski definition) is 6. The molecule has 0 radical (unpaired) electrons. The number of para-hydroxylation sites is 3. The van der Waals surface area contributed by atoms with Gasteiger partial charge in [-0.3, -0.25) is 14.2 Å². The van der Waals surface area contributed by atoms with Crippen LogP contribution in [-0.4, -0.2) is 41.0 Å². The maximum Gasteiger partial charge on any atom is 0.290 e. The zero-order valence-corrected chi connectivity index (χ0v) is 19.9. The molecule has 2 aromatic carbocycles. The predicted octanol–water partition coefficient (Wildman–Crippen LogP) is 4.27. The fourth-order valence-corrected chi connectivity index (χ4v) is 4.65. The van der Waals surface area contributed by atoms with Crippen molar-refractivity contribution in [3.05, 3.63) is 72.1 Å². The molecule has 8 heteroatoms. The lowest BCUT2D eigenvalue weighted by Gasteiger charge is -2.36. The molecule has 3 aromatic rings. The van der Waals surface area contributed by atoms with Crippen molar-refractivity contribution in [3.8, 4) is 0 Å². The van der Waals surface area contributed by atoms with Crippen LogP contribution in [0.3, 0.4) is 0 Å². The number of aromatic nitrogens is 1. The molecule has 3 atom stereocenters. The number of carbonyl (C=O) groups excluding carboxylic acids is 2. The molecule has 2 heterocycles. The van der Waals surface area contributed by atoms with Crippen LogP contribution in [-0.2, 0) is 14.3 Å². The second-order valence-corrected chi connectivity index (χ2v) is 8.56. The monoisotopic (exact) mass is 477 g/mol. The summed E-state index contributed by atoms with van der Waals surface area (Å²) in [6.45, 7) is 3.81. The summed E-state index contributed by atoms with van der Waals surface area (Å²) in [5, 5.41) is 13.3. The number of anilines is 2. The average molecular weight is 478 g/mol. The number of allylic oxidation sites excluding steroid dienone is 1. The lowest BCUT2D eigenvalue weighted by Crippen LogP contribution is -2.37. The van der Waals surface area contributed by atoms with E-state index in [9.17, 15) is 14.7 Å². The first kappa shape index (κ1) is 24.5. The van der Waals surface area contributed by atoms with E-state index in [1.807, 2.05) is 37.4 Å². The Kier molecular flexibility index (Phi) is 7.53. The summed E-state index contributed by atoms with van der Waals surface area (Å²) in [6.07, 6.45) is 4.09. The quantitative estimate of drug-likeness (QED) is 0.417. The number of rotatable bonds is 8. The highest BCUT2D eigenvalue weighted by Crippen LogP contribution is 2.42. The van der Waals surface area contributed by atoms with Gasteiger partial charge in [0.15, 0.2) is 5.76 Å². The van der Waals surface area contributed by atoms with Crippen molar-refractivity contribution < 1.29 is 24.2 Å². The number of nitrogen functional groups attached to an aromatic ring is 1. The first-order valence-corrected chi connectivity index (χ1v) is 11.8. The normalized spacial score (nSPS) is 19.7. The lowest BCUT2D eigenvalue weighted by atomic mass is 9.80. The Morgan fingerprint density at radius 2 is 1.91 bits per heavy atom.